The minimum atomic E-state index is -1.24. The summed E-state index contributed by atoms with van der Waals surface area (Å²) in [6, 6.07) is 10.2. The van der Waals surface area contributed by atoms with Crippen molar-refractivity contribution in [3.63, 3.8) is 0 Å². The van der Waals surface area contributed by atoms with E-state index < -0.39 is 16.8 Å². The van der Waals surface area contributed by atoms with E-state index in [1.807, 2.05) is 12.3 Å². The Labute approximate surface area is 237 Å². The summed E-state index contributed by atoms with van der Waals surface area (Å²) in [5.74, 6) is -0.436. The number of ketones is 2. The van der Waals surface area contributed by atoms with E-state index in [2.05, 4.69) is 4.98 Å². The van der Waals surface area contributed by atoms with Crippen LogP contribution < -0.4 is 9.47 Å². The number of methoxy groups -OCH3 is 1. The summed E-state index contributed by atoms with van der Waals surface area (Å²) in [6.07, 6.45) is 1.68. The molecule has 0 saturated carbocycles. The number of thiazole rings is 1. The number of carbonyl (C=O) groups is 3. The van der Waals surface area contributed by atoms with Crippen LogP contribution in [0.1, 0.15) is 77.3 Å². The second kappa shape index (κ2) is 10.9. The van der Waals surface area contributed by atoms with Gasteiger partial charge < -0.3 is 19.0 Å². The number of aromatic nitrogens is 2. The van der Waals surface area contributed by atoms with Gasteiger partial charge in [-0.05, 0) is 63.1 Å². The molecule has 3 heterocycles. The summed E-state index contributed by atoms with van der Waals surface area (Å²) >= 11 is 1.53. The molecule has 0 atom stereocenters. The summed E-state index contributed by atoms with van der Waals surface area (Å²) in [5, 5.41) is 12.8. The molecule has 0 aliphatic carbocycles. The van der Waals surface area contributed by atoms with Gasteiger partial charge in [-0.25, -0.2) is 4.98 Å². The summed E-state index contributed by atoms with van der Waals surface area (Å²) in [4.78, 5) is 44.7. The molecule has 0 spiro atoms. The quantitative estimate of drug-likeness (QED) is 0.223. The molecule has 0 amide bonds. The van der Waals surface area contributed by atoms with Crippen LogP contribution in [-0.2, 0) is 17.8 Å². The van der Waals surface area contributed by atoms with Crippen molar-refractivity contribution in [2.45, 2.75) is 54.6 Å². The van der Waals surface area contributed by atoms with Crippen LogP contribution in [0.4, 0.5) is 0 Å². The maximum atomic E-state index is 14.1. The number of hydrogen-bond donors (Lipinski definition) is 1. The predicted octanol–water partition coefficient (Wildman–Crippen LogP) is 6.40. The van der Waals surface area contributed by atoms with Gasteiger partial charge in [-0.2, -0.15) is 0 Å². The van der Waals surface area contributed by atoms with Crippen LogP contribution in [0.2, 0.25) is 0 Å². The van der Waals surface area contributed by atoms with E-state index in [4.69, 9.17) is 9.47 Å². The first-order chi connectivity index (χ1) is 18.7. The Kier molecular flexibility index (Phi) is 7.90. The molecular formula is C31H34N2O6S. The number of rotatable bonds is 10. The number of nitrogens with zero attached hydrogens (tertiary/aromatic N) is 2. The topological polar surface area (TPSA) is 107 Å². The third kappa shape index (κ3) is 5.79. The second-order valence-corrected chi connectivity index (χ2v) is 12.5. The number of Topliss-reactive ketones (excluding diaryl/α,β-unsaturated/α-hetero) is 1. The molecule has 0 radical (unpaired) electrons. The van der Waals surface area contributed by atoms with Crippen LogP contribution in [0, 0.1) is 17.8 Å². The van der Waals surface area contributed by atoms with E-state index in [0.717, 1.165) is 10.7 Å². The van der Waals surface area contributed by atoms with Gasteiger partial charge in [0, 0.05) is 34.2 Å². The zero-order chi connectivity index (χ0) is 29.4. The number of carboxylic acid groups (broad SMARTS) is 1. The Morgan fingerprint density at radius 1 is 1.02 bits per heavy atom. The molecule has 4 rings (SSSR count). The monoisotopic (exact) mass is 562 g/mol. The van der Waals surface area contributed by atoms with E-state index in [9.17, 15) is 19.5 Å². The van der Waals surface area contributed by atoms with Crippen molar-refractivity contribution in [2.24, 2.45) is 10.8 Å². The van der Waals surface area contributed by atoms with Crippen molar-refractivity contribution in [3.05, 3.63) is 81.1 Å². The molecule has 9 heteroatoms. The highest BCUT2D eigenvalue weighted by Crippen LogP contribution is 2.37. The third-order valence-corrected chi connectivity index (χ3v) is 7.56. The maximum Gasteiger partial charge on any atom is 0.309 e. The van der Waals surface area contributed by atoms with Gasteiger partial charge in [0.1, 0.15) is 18.1 Å². The van der Waals surface area contributed by atoms with E-state index in [1.165, 1.54) is 11.3 Å². The smallest absolute Gasteiger partial charge is 0.309 e. The van der Waals surface area contributed by atoms with Crippen molar-refractivity contribution < 1.29 is 29.0 Å². The fourth-order valence-corrected chi connectivity index (χ4v) is 5.05. The van der Waals surface area contributed by atoms with Gasteiger partial charge in [-0.3, -0.25) is 14.4 Å². The molecule has 0 bridgehead atoms. The number of carbonyl (C=O) groups excluding carboxylic acids is 2. The minimum Gasteiger partial charge on any atom is -0.497 e. The number of fused-ring (bicyclic) bond motifs is 1. The summed E-state index contributed by atoms with van der Waals surface area (Å²) in [5.41, 5.74) is 0.623. The number of benzene rings is 1. The summed E-state index contributed by atoms with van der Waals surface area (Å²) in [7, 11) is 1.54. The lowest BCUT2D eigenvalue weighted by molar-refractivity contribution is -0.146. The molecule has 1 N–H and O–H groups in total. The number of ether oxygens (including phenoxy) is 2. The lowest BCUT2D eigenvalue weighted by Gasteiger charge is -2.22. The van der Waals surface area contributed by atoms with Gasteiger partial charge in [0.2, 0.25) is 5.78 Å². The van der Waals surface area contributed by atoms with Crippen molar-refractivity contribution >= 4 is 34.4 Å². The van der Waals surface area contributed by atoms with Crippen LogP contribution in [0.25, 0.3) is 5.52 Å². The van der Waals surface area contributed by atoms with Crippen molar-refractivity contribution in [3.8, 4) is 11.5 Å². The number of pyridine rings is 1. The van der Waals surface area contributed by atoms with E-state index in [0.29, 0.717) is 33.7 Å². The standard InChI is InChI=1S/C31H34N2O6S/c1-18-32-20(17-40-18)16-39-22-12-13-33-24(14-22)25(28(35)30(2,3)4)23(15-31(5,6)29(36)37)26(33)27(34)19-8-10-21(38-7)11-9-19/h8-14,17H,15-16H2,1-7H3,(H,36,37). The Morgan fingerprint density at radius 3 is 2.25 bits per heavy atom. The van der Waals surface area contributed by atoms with Crippen molar-refractivity contribution in [2.75, 3.05) is 7.11 Å². The molecule has 0 unspecified atom stereocenters. The zero-order valence-corrected chi connectivity index (χ0v) is 24.6. The Balaban J connectivity index is 1.95. The average Bonchev–Trinajstić information content (AvgIpc) is 3.45. The second-order valence-electron chi connectivity index (χ2n) is 11.5. The van der Waals surface area contributed by atoms with Gasteiger partial charge in [-0.1, -0.05) is 20.8 Å². The normalized spacial score (nSPS) is 12.0. The van der Waals surface area contributed by atoms with Crippen molar-refractivity contribution in [1.29, 1.82) is 0 Å². The van der Waals surface area contributed by atoms with Crippen LogP contribution in [0.3, 0.4) is 0 Å². The van der Waals surface area contributed by atoms with Crippen LogP contribution >= 0.6 is 11.3 Å². The molecule has 4 aromatic rings. The molecule has 1 aromatic carbocycles. The van der Waals surface area contributed by atoms with Gasteiger partial charge in [0.05, 0.1) is 34.4 Å². The highest BCUT2D eigenvalue weighted by molar-refractivity contribution is 7.09. The fraction of sp³-hybridized carbons (Fsp3) is 0.355. The van der Waals surface area contributed by atoms with Gasteiger partial charge in [-0.15, -0.1) is 11.3 Å². The molecule has 0 fully saturated rings. The number of carboxylic acids is 1. The third-order valence-electron chi connectivity index (χ3n) is 6.74. The average molecular weight is 563 g/mol. The highest BCUT2D eigenvalue weighted by atomic mass is 32.1. The zero-order valence-electron chi connectivity index (χ0n) is 23.8. The van der Waals surface area contributed by atoms with Gasteiger partial charge >= 0.3 is 5.97 Å². The highest BCUT2D eigenvalue weighted by Gasteiger charge is 2.37. The van der Waals surface area contributed by atoms with Crippen LogP contribution in [-0.4, -0.2) is 39.1 Å². The molecular weight excluding hydrogens is 528 g/mol. The van der Waals surface area contributed by atoms with Crippen LogP contribution in [0.15, 0.2) is 48.0 Å². The summed E-state index contributed by atoms with van der Waals surface area (Å²) < 4.78 is 12.9. The lowest BCUT2D eigenvalue weighted by atomic mass is 9.79. The molecule has 3 aromatic heterocycles. The van der Waals surface area contributed by atoms with E-state index in [-0.39, 0.29) is 30.3 Å². The van der Waals surface area contributed by atoms with Gasteiger partial charge in [0.25, 0.3) is 0 Å². The molecule has 0 saturated heterocycles. The van der Waals surface area contributed by atoms with Crippen LogP contribution in [0.5, 0.6) is 11.5 Å². The van der Waals surface area contributed by atoms with Gasteiger partial charge in [0.15, 0.2) is 5.78 Å². The first-order valence-electron chi connectivity index (χ1n) is 12.9. The largest absolute Gasteiger partial charge is 0.497 e. The summed E-state index contributed by atoms with van der Waals surface area (Å²) in [6.45, 7) is 10.8. The SMILES string of the molecule is COc1ccc(C(=O)c2c(CC(C)(C)C(=O)O)c(C(=O)C(C)(C)C)c3cc(OCc4csc(C)n4)ccn23)cc1. The van der Waals surface area contributed by atoms with E-state index >= 15 is 0 Å². The molecule has 40 heavy (non-hydrogen) atoms. The fourth-order valence-electron chi connectivity index (χ4n) is 4.45. The Bertz CT molecular complexity index is 1590. The molecule has 8 nitrogen and oxygen atoms in total. The first-order valence-corrected chi connectivity index (χ1v) is 13.8. The number of aryl methyl sites for hydroxylation is 1. The predicted molar refractivity (Wildman–Crippen MR) is 154 cm³/mol. The molecule has 0 aliphatic rings. The number of hydrogen-bond acceptors (Lipinski definition) is 7. The Morgan fingerprint density at radius 2 is 1.70 bits per heavy atom. The minimum absolute atomic E-state index is 0.0211. The first kappa shape index (κ1) is 29.0. The molecule has 0 aliphatic heterocycles. The molecule has 210 valence electrons. The maximum absolute atomic E-state index is 14.1. The van der Waals surface area contributed by atoms with E-state index in [1.54, 1.807) is 88.7 Å². The van der Waals surface area contributed by atoms with Crippen molar-refractivity contribution in [1.82, 2.24) is 9.38 Å². The Hall–Kier alpha value is -3.98. The number of aliphatic carboxylic acids is 1. The lowest BCUT2D eigenvalue weighted by Crippen LogP contribution is -2.29.